The van der Waals surface area contributed by atoms with Crippen molar-refractivity contribution in [1.29, 1.82) is 0 Å². The van der Waals surface area contributed by atoms with E-state index in [1.807, 2.05) is 19.1 Å². The third-order valence-electron chi connectivity index (χ3n) is 2.72. The van der Waals surface area contributed by atoms with Crippen molar-refractivity contribution in [1.82, 2.24) is 4.98 Å². The lowest BCUT2D eigenvalue weighted by atomic mass is 10.0. The second kappa shape index (κ2) is 4.87. The number of carboxylic acids is 1. The Hall–Kier alpha value is -2.36. The monoisotopic (exact) mass is 243 g/mol. The molecule has 4 heteroatoms. The van der Waals surface area contributed by atoms with Crippen LogP contribution in [0, 0.1) is 6.92 Å². The van der Waals surface area contributed by atoms with Gasteiger partial charge in [-0.25, -0.2) is 0 Å². The predicted octanol–water partition coefficient (Wildman–Crippen LogP) is 2.18. The number of aliphatic carboxylic acids is 1. The van der Waals surface area contributed by atoms with Crippen molar-refractivity contribution in [3.63, 3.8) is 0 Å². The number of carboxylic acid groups (broad SMARTS) is 1. The Bertz CT molecular complexity index is 599. The molecule has 4 nitrogen and oxygen atoms in total. The molecule has 0 saturated heterocycles. The van der Waals surface area contributed by atoms with Gasteiger partial charge in [0.25, 0.3) is 0 Å². The maximum Gasteiger partial charge on any atom is 0.309 e. The summed E-state index contributed by atoms with van der Waals surface area (Å²) >= 11 is 0. The van der Waals surface area contributed by atoms with Crippen LogP contribution >= 0.6 is 0 Å². The molecule has 0 aliphatic carbocycles. The summed E-state index contributed by atoms with van der Waals surface area (Å²) in [6, 6.07) is 10.5. The van der Waals surface area contributed by atoms with E-state index in [-0.39, 0.29) is 12.2 Å². The Labute approximate surface area is 104 Å². The van der Waals surface area contributed by atoms with Crippen molar-refractivity contribution < 1.29 is 14.7 Å². The number of benzene rings is 1. The number of ketones is 1. The van der Waals surface area contributed by atoms with Gasteiger partial charge in [0.1, 0.15) is 0 Å². The largest absolute Gasteiger partial charge is 0.481 e. The molecule has 1 heterocycles. The fourth-order valence-electron chi connectivity index (χ4n) is 1.81. The number of carbonyl (C=O) groups is 2. The van der Waals surface area contributed by atoms with Gasteiger partial charge >= 0.3 is 5.97 Å². The second-order valence-electron chi connectivity index (χ2n) is 4.11. The van der Waals surface area contributed by atoms with Gasteiger partial charge < -0.3 is 10.1 Å². The fraction of sp³-hybridized carbons (Fsp3) is 0.143. The third kappa shape index (κ3) is 2.48. The highest BCUT2D eigenvalue weighted by atomic mass is 16.4. The summed E-state index contributed by atoms with van der Waals surface area (Å²) in [4.78, 5) is 25.6. The molecule has 2 N–H and O–H groups in total. The molecule has 0 unspecified atom stereocenters. The molecule has 2 aromatic rings. The maximum absolute atomic E-state index is 12.2. The van der Waals surface area contributed by atoms with Crippen LogP contribution in [0.3, 0.4) is 0 Å². The van der Waals surface area contributed by atoms with Crippen molar-refractivity contribution in [2.75, 3.05) is 0 Å². The summed E-state index contributed by atoms with van der Waals surface area (Å²) in [7, 11) is 0. The van der Waals surface area contributed by atoms with Gasteiger partial charge in [-0.15, -0.1) is 0 Å². The summed E-state index contributed by atoms with van der Waals surface area (Å²) < 4.78 is 0. The van der Waals surface area contributed by atoms with E-state index in [2.05, 4.69) is 4.98 Å². The smallest absolute Gasteiger partial charge is 0.309 e. The van der Waals surface area contributed by atoms with Gasteiger partial charge in [-0.1, -0.05) is 24.3 Å². The highest BCUT2D eigenvalue weighted by molar-refractivity contribution is 6.08. The number of carbonyl (C=O) groups excluding carboxylic acids is 1. The van der Waals surface area contributed by atoms with Crippen molar-refractivity contribution in [3.8, 4) is 0 Å². The summed E-state index contributed by atoms with van der Waals surface area (Å²) in [5.41, 5.74) is 2.47. The van der Waals surface area contributed by atoms with E-state index in [0.717, 1.165) is 5.56 Å². The van der Waals surface area contributed by atoms with E-state index < -0.39 is 5.97 Å². The lowest BCUT2D eigenvalue weighted by molar-refractivity contribution is -0.136. The van der Waals surface area contributed by atoms with Crippen molar-refractivity contribution in [2.45, 2.75) is 13.3 Å². The summed E-state index contributed by atoms with van der Waals surface area (Å²) in [5.74, 6) is -1.04. The average molecular weight is 243 g/mol. The minimum absolute atomic E-state index is 0.110. The Morgan fingerprint density at radius 2 is 1.89 bits per heavy atom. The summed E-state index contributed by atoms with van der Waals surface area (Å²) in [5, 5.41) is 8.67. The molecule has 0 atom stereocenters. The van der Waals surface area contributed by atoms with E-state index >= 15 is 0 Å². The molecule has 0 fully saturated rings. The number of H-pyrrole nitrogens is 1. The third-order valence-corrected chi connectivity index (χ3v) is 2.72. The number of aromatic amines is 1. The number of hydrogen-bond acceptors (Lipinski definition) is 2. The minimum atomic E-state index is -0.924. The molecular weight excluding hydrogens is 230 g/mol. The van der Waals surface area contributed by atoms with Crippen molar-refractivity contribution >= 4 is 11.8 Å². The zero-order valence-electron chi connectivity index (χ0n) is 9.93. The molecule has 0 aliphatic rings. The lowest BCUT2D eigenvalue weighted by Gasteiger charge is -2.02. The first-order chi connectivity index (χ1) is 8.58. The van der Waals surface area contributed by atoms with E-state index in [0.29, 0.717) is 17.0 Å². The molecule has 0 bridgehead atoms. The van der Waals surface area contributed by atoms with Crippen molar-refractivity contribution in [3.05, 3.63) is 58.9 Å². The molecule has 1 aromatic carbocycles. The predicted molar refractivity (Wildman–Crippen MR) is 66.7 cm³/mol. The SMILES string of the molecule is Cc1ccccc1C(=O)c1ccc(CC(=O)O)[nH]1. The van der Waals surface area contributed by atoms with Crippen LogP contribution in [-0.4, -0.2) is 21.8 Å². The number of nitrogens with one attached hydrogen (secondary N) is 1. The Morgan fingerprint density at radius 1 is 1.17 bits per heavy atom. The highest BCUT2D eigenvalue weighted by Crippen LogP contribution is 2.13. The summed E-state index contributed by atoms with van der Waals surface area (Å²) in [6.07, 6.45) is -0.110. The highest BCUT2D eigenvalue weighted by Gasteiger charge is 2.13. The number of hydrogen-bond donors (Lipinski definition) is 2. The maximum atomic E-state index is 12.2. The molecule has 0 saturated carbocycles. The molecule has 18 heavy (non-hydrogen) atoms. The fourth-order valence-corrected chi connectivity index (χ4v) is 1.81. The van der Waals surface area contributed by atoms with E-state index in [4.69, 9.17) is 5.11 Å². The summed E-state index contributed by atoms with van der Waals surface area (Å²) in [6.45, 7) is 1.87. The van der Waals surface area contributed by atoms with Gasteiger partial charge in [-0.05, 0) is 24.6 Å². The number of aromatic nitrogens is 1. The molecule has 0 aliphatic heterocycles. The van der Waals surface area contributed by atoms with E-state index in [9.17, 15) is 9.59 Å². The normalized spacial score (nSPS) is 10.3. The zero-order valence-corrected chi connectivity index (χ0v) is 9.93. The average Bonchev–Trinajstić information content (AvgIpc) is 2.76. The van der Waals surface area contributed by atoms with Gasteiger partial charge in [-0.3, -0.25) is 9.59 Å². The van der Waals surface area contributed by atoms with Crippen LogP contribution in [0.25, 0.3) is 0 Å². The molecule has 1 aromatic heterocycles. The second-order valence-corrected chi connectivity index (χ2v) is 4.11. The molecule has 0 radical (unpaired) electrons. The van der Waals surface area contributed by atoms with Gasteiger partial charge in [0.05, 0.1) is 12.1 Å². The van der Waals surface area contributed by atoms with Crippen LogP contribution in [0.1, 0.15) is 27.3 Å². The van der Waals surface area contributed by atoms with Crippen molar-refractivity contribution in [2.24, 2.45) is 0 Å². The quantitative estimate of drug-likeness (QED) is 0.808. The van der Waals surface area contributed by atoms with E-state index in [1.165, 1.54) is 0 Å². The number of rotatable bonds is 4. The molecule has 92 valence electrons. The molecule has 0 spiro atoms. The Kier molecular flexibility index (Phi) is 3.28. The van der Waals surface area contributed by atoms with Crippen LogP contribution in [0.15, 0.2) is 36.4 Å². The van der Waals surface area contributed by atoms with Gasteiger partial charge in [0.15, 0.2) is 0 Å². The number of aryl methyl sites for hydroxylation is 1. The van der Waals surface area contributed by atoms with Crippen LogP contribution in [0.4, 0.5) is 0 Å². The Balaban J connectivity index is 2.27. The van der Waals surface area contributed by atoms with Gasteiger partial charge in [0.2, 0.25) is 5.78 Å². The van der Waals surface area contributed by atoms with E-state index in [1.54, 1.807) is 24.3 Å². The van der Waals surface area contributed by atoms with Gasteiger partial charge in [-0.2, -0.15) is 0 Å². The van der Waals surface area contributed by atoms with Crippen LogP contribution < -0.4 is 0 Å². The minimum Gasteiger partial charge on any atom is -0.481 e. The first kappa shape index (κ1) is 12.1. The first-order valence-electron chi connectivity index (χ1n) is 5.58. The zero-order chi connectivity index (χ0) is 13.1. The molecule has 0 amide bonds. The van der Waals surface area contributed by atoms with Crippen LogP contribution in [0.5, 0.6) is 0 Å². The standard InChI is InChI=1S/C14H13NO3/c1-9-4-2-3-5-11(9)14(18)12-7-6-10(15-12)8-13(16)17/h2-7,15H,8H2,1H3,(H,16,17). The van der Waals surface area contributed by atoms with Crippen LogP contribution in [-0.2, 0) is 11.2 Å². The Morgan fingerprint density at radius 3 is 2.56 bits per heavy atom. The molecular formula is C14H13NO3. The molecule has 2 rings (SSSR count). The van der Waals surface area contributed by atoms with Gasteiger partial charge in [0, 0.05) is 11.3 Å². The first-order valence-corrected chi connectivity index (χ1v) is 5.58. The topological polar surface area (TPSA) is 70.2 Å². The van der Waals surface area contributed by atoms with Crippen LogP contribution in [0.2, 0.25) is 0 Å². The lowest BCUT2D eigenvalue weighted by Crippen LogP contribution is -2.05.